The average Bonchev–Trinajstić information content (AvgIpc) is 2.35. The van der Waals surface area contributed by atoms with E-state index in [0.29, 0.717) is 6.04 Å². The zero-order valence-corrected chi connectivity index (χ0v) is 12.0. The van der Waals surface area contributed by atoms with Crippen molar-refractivity contribution >= 4 is 0 Å². The Morgan fingerprint density at radius 2 is 1.68 bits per heavy atom. The van der Waals surface area contributed by atoms with Crippen molar-refractivity contribution in [1.29, 1.82) is 0 Å². The Bertz CT molecular complexity index is 404. The zero-order valence-electron chi connectivity index (χ0n) is 12.0. The fraction of sp³-hybridized carbons (Fsp3) is 0.667. The largest absolute Gasteiger partial charge is 0.327 e. The van der Waals surface area contributed by atoms with Crippen LogP contribution in [0.1, 0.15) is 68.4 Å². The van der Waals surface area contributed by atoms with E-state index in [9.17, 15) is 0 Å². The molecule has 2 aliphatic rings. The number of hydrogen-bond donors (Lipinski definition) is 1. The molecule has 2 N–H and O–H groups in total. The highest BCUT2D eigenvalue weighted by Gasteiger charge is 2.29. The number of benzene rings is 1. The first-order valence-corrected chi connectivity index (χ1v) is 8.18. The normalized spacial score (nSPS) is 25.8. The third-order valence-corrected chi connectivity index (χ3v) is 5.27. The summed E-state index contributed by atoms with van der Waals surface area (Å²) in [6.45, 7) is 0. The molecule has 2 atom stereocenters. The fourth-order valence-electron chi connectivity index (χ4n) is 4.01. The summed E-state index contributed by atoms with van der Waals surface area (Å²) in [4.78, 5) is 0. The smallest absolute Gasteiger partial charge is 0.00731 e. The molecule has 0 spiro atoms. The molecule has 0 bridgehead atoms. The molecule has 1 aromatic carbocycles. The molecule has 19 heavy (non-hydrogen) atoms. The van der Waals surface area contributed by atoms with E-state index in [1.165, 1.54) is 57.8 Å². The van der Waals surface area contributed by atoms with Crippen LogP contribution < -0.4 is 5.73 Å². The van der Waals surface area contributed by atoms with Gasteiger partial charge < -0.3 is 5.73 Å². The van der Waals surface area contributed by atoms with Gasteiger partial charge in [0.2, 0.25) is 0 Å². The quantitative estimate of drug-likeness (QED) is 0.853. The molecule has 0 heterocycles. The Hall–Kier alpha value is -0.820. The van der Waals surface area contributed by atoms with E-state index in [4.69, 9.17) is 5.73 Å². The van der Waals surface area contributed by atoms with Crippen LogP contribution in [0.5, 0.6) is 0 Å². The van der Waals surface area contributed by atoms with E-state index in [1.54, 1.807) is 11.1 Å². The number of nitrogens with two attached hydrogens (primary N) is 1. The molecule has 104 valence electrons. The molecular formula is C18H27N. The van der Waals surface area contributed by atoms with Gasteiger partial charge in [0, 0.05) is 6.04 Å². The maximum atomic E-state index is 6.54. The Morgan fingerprint density at radius 3 is 2.42 bits per heavy atom. The molecule has 0 aromatic heterocycles. The third-order valence-electron chi connectivity index (χ3n) is 5.27. The van der Waals surface area contributed by atoms with Crippen LogP contribution in [0.15, 0.2) is 24.3 Å². The molecule has 1 fully saturated rings. The van der Waals surface area contributed by atoms with Crippen molar-refractivity contribution in [3.63, 3.8) is 0 Å². The molecule has 0 saturated heterocycles. The van der Waals surface area contributed by atoms with Gasteiger partial charge in [-0.3, -0.25) is 0 Å². The van der Waals surface area contributed by atoms with E-state index in [0.717, 1.165) is 11.8 Å². The minimum atomic E-state index is 0.427. The molecule has 3 rings (SSSR count). The van der Waals surface area contributed by atoms with Gasteiger partial charge >= 0.3 is 0 Å². The maximum absolute atomic E-state index is 6.54. The second kappa shape index (κ2) is 6.09. The monoisotopic (exact) mass is 257 g/mol. The lowest BCUT2D eigenvalue weighted by Crippen LogP contribution is -2.34. The minimum absolute atomic E-state index is 0.427. The molecule has 1 heteroatoms. The van der Waals surface area contributed by atoms with Crippen LogP contribution in [-0.4, -0.2) is 6.04 Å². The summed E-state index contributed by atoms with van der Waals surface area (Å²) in [6, 6.07) is 9.33. The van der Waals surface area contributed by atoms with Crippen LogP contribution >= 0.6 is 0 Å². The van der Waals surface area contributed by atoms with E-state index >= 15 is 0 Å². The second-order valence-electron chi connectivity index (χ2n) is 6.60. The Labute approximate surface area is 117 Å². The highest BCUT2D eigenvalue weighted by molar-refractivity contribution is 5.39. The van der Waals surface area contributed by atoms with Gasteiger partial charge in [-0.15, -0.1) is 0 Å². The first-order valence-electron chi connectivity index (χ1n) is 8.18. The van der Waals surface area contributed by atoms with Crippen molar-refractivity contribution < 1.29 is 0 Å². The van der Waals surface area contributed by atoms with Gasteiger partial charge in [-0.1, -0.05) is 56.4 Å². The van der Waals surface area contributed by atoms with Crippen LogP contribution in [-0.2, 0) is 6.42 Å². The number of fused-ring (bicyclic) bond motifs is 1. The summed E-state index contributed by atoms with van der Waals surface area (Å²) in [5.74, 6) is 1.53. The molecule has 1 aromatic rings. The van der Waals surface area contributed by atoms with Gasteiger partial charge in [-0.2, -0.15) is 0 Å². The van der Waals surface area contributed by atoms with Crippen LogP contribution in [0.25, 0.3) is 0 Å². The Balaban J connectivity index is 1.55. The predicted octanol–water partition coefficient (Wildman–Crippen LogP) is 4.40. The number of hydrogen-bond acceptors (Lipinski definition) is 1. The lowest BCUT2D eigenvalue weighted by molar-refractivity contribution is 0.296. The highest BCUT2D eigenvalue weighted by Crippen LogP contribution is 2.39. The standard InChI is InChI=1S/C18H27N/c19-18(14-8-4-2-1-3-5-9-14)13-16-12-15-10-6-7-11-17(15)16/h6-7,10-11,14,16,18H,1-5,8-9,12-13,19H2. The summed E-state index contributed by atoms with van der Waals surface area (Å²) in [6.07, 6.45) is 12.3. The molecule has 2 aliphatic carbocycles. The number of rotatable bonds is 3. The minimum Gasteiger partial charge on any atom is -0.327 e. The fourth-order valence-corrected chi connectivity index (χ4v) is 4.01. The summed E-state index contributed by atoms with van der Waals surface area (Å²) in [5.41, 5.74) is 9.66. The van der Waals surface area contributed by atoms with Gasteiger partial charge in [0.25, 0.3) is 0 Å². The van der Waals surface area contributed by atoms with Crippen molar-refractivity contribution in [2.75, 3.05) is 0 Å². The summed E-state index contributed by atoms with van der Waals surface area (Å²) in [5, 5.41) is 0. The van der Waals surface area contributed by atoms with Crippen LogP contribution in [0.4, 0.5) is 0 Å². The van der Waals surface area contributed by atoms with Gasteiger partial charge in [0.1, 0.15) is 0 Å². The lowest BCUT2D eigenvalue weighted by Gasteiger charge is -2.35. The van der Waals surface area contributed by atoms with Crippen LogP contribution in [0.3, 0.4) is 0 Å². The van der Waals surface area contributed by atoms with Gasteiger partial charge in [0.15, 0.2) is 0 Å². The van der Waals surface area contributed by atoms with Crippen molar-refractivity contribution in [2.24, 2.45) is 11.7 Å². The third kappa shape index (κ3) is 3.02. The van der Waals surface area contributed by atoms with Crippen molar-refractivity contribution in [2.45, 2.75) is 69.7 Å². The second-order valence-corrected chi connectivity index (χ2v) is 6.60. The van der Waals surface area contributed by atoms with Gasteiger partial charge in [-0.25, -0.2) is 0 Å². The molecule has 0 aliphatic heterocycles. The van der Waals surface area contributed by atoms with Crippen molar-refractivity contribution in [1.82, 2.24) is 0 Å². The van der Waals surface area contributed by atoms with Crippen LogP contribution in [0.2, 0.25) is 0 Å². The summed E-state index contributed by atoms with van der Waals surface area (Å²) < 4.78 is 0. The van der Waals surface area contributed by atoms with E-state index < -0.39 is 0 Å². The first kappa shape index (κ1) is 13.2. The van der Waals surface area contributed by atoms with Gasteiger partial charge in [-0.05, 0) is 48.6 Å². The predicted molar refractivity (Wildman–Crippen MR) is 81.3 cm³/mol. The molecule has 1 nitrogen and oxygen atoms in total. The molecule has 0 amide bonds. The first-order chi connectivity index (χ1) is 9.34. The molecule has 0 radical (unpaired) electrons. The Morgan fingerprint density at radius 1 is 1.00 bits per heavy atom. The lowest BCUT2D eigenvalue weighted by atomic mass is 9.72. The maximum Gasteiger partial charge on any atom is 0.00731 e. The SMILES string of the molecule is NC(CC1Cc2ccccc21)C1CCCCCCC1. The molecule has 1 saturated carbocycles. The highest BCUT2D eigenvalue weighted by atomic mass is 14.7. The van der Waals surface area contributed by atoms with Crippen molar-refractivity contribution in [3.05, 3.63) is 35.4 Å². The van der Waals surface area contributed by atoms with E-state index in [-0.39, 0.29) is 0 Å². The average molecular weight is 257 g/mol. The summed E-state index contributed by atoms with van der Waals surface area (Å²) >= 11 is 0. The Kier molecular flexibility index (Phi) is 4.22. The topological polar surface area (TPSA) is 26.0 Å². The zero-order chi connectivity index (χ0) is 13.1. The van der Waals surface area contributed by atoms with Crippen LogP contribution in [0, 0.1) is 5.92 Å². The summed E-state index contributed by atoms with van der Waals surface area (Å²) in [7, 11) is 0. The van der Waals surface area contributed by atoms with E-state index in [2.05, 4.69) is 24.3 Å². The van der Waals surface area contributed by atoms with Gasteiger partial charge in [0.05, 0.1) is 0 Å². The van der Waals surface area contributed by atoms with Crippen molar-refractivity contribution in [3.8, 4) is 0 Å². The van der Waals surface area contributed by atoms with E-state index in [1.807, 2.05) is 0 Å². The molecule has 2 unspecified atom stereocenters. The molecular weight excluding hydrogens is 230 g/mol.